The van der Waals surface area contributed by atoms with Gasteiger partial charge in [0.15, 0.2) is 11.9 Å². The number of rotatable bonds is 21. The number of hydrogen-bond acceptors (Lipinski definition) is 18. The van der Waals surface area contributed by atoms with E-state index in [1.165, 1.54) is 89.9 Å². The summed E-state index contributed by atoms with van der Waals surface area (Å²) >= 11 is 1.05. The van der Waals surface area contributed by atoms with Gasteiger partial charge in [0.2, 0.25) is 59.1 Å². The van der Waals surface area contributed by atoms with Crippen LogP contribution >= 0.6 is 11.8 Å². The van der Waals surface area contributed by atoms with E-state index >= 15 is 33.6 Å². The Morgan fingerprint density at radius 3 is 1.53 bits per heavy atom. The quantitative estimate of drug-likeness (QED) is 0.0413. The van der Waals surface area contributed by atoms with Gasteiger partial charge in [0, 0.05) is 59.8 Å². The molecule has 550 valence electrons. The first-order chi connectivity index (χ1) is 44.2. The number of imide groups is 1. The second-order valence-electron chi connectivity index (χ2n) is 29.3. The number of carbonyl (C=O) groups excluding carboxylic acids is 12. The molecule has 0 bridgehead atoms. The molecule has 7 N–H and O–H groups in total. The van der Waals surface area contributed by atoms with Crippen molar-refractivity contribution in [1.29, 1.82) is 0 Å². The summed E-state index contributed by atoms with van der Waals surface area (Å²) in [5.41, 5.74) is 4.42. The first-order valence-electron chi connectivity index (χ1n) is 34.0. The van der Waals surface area contributed by atoms with Gasteiger partial charge >= 0.3 is 5.97 Å². The Balaban J connectivity index is 4.74. The highest BCUT2D eigenvalue weighted by Gasteiger charge is 2.49. The number of hydrogen-bond donors (Lipinski definition) is 6. The summed E-state index contributed by atoms with van der Waals surface area (Å²) < 4.78 is 3.82. The third-order valence-corrected chi connectivity index (χ3v) is 19.8. The Kier molecular flexibility index (Phi) is 35.7. The van der Waals surface area contributed by atoms with Gasteiger partial charge in [-0.1, -0.05) is 109 Å². The van der Waals surface area contributed by atoms with E-state index in [2.05, 4.69) is 21.3 Å². The SMILES string of the molecule is C/C=C/C[C@@H](C)[C@@H](O)[C@H]1C(=O)N[C@@H](CC)C(=O)N(C)[C@H](CSC(C)(C)[C@@H](N)C(=O)OC)C(=O)N(C)[C@@](C=O)(CC(C)C)N[C@H](C(C)C)C(=O)N(C)[C@H](CC(C)C)C(=O)NC(=O)C(C)NC(C)C(=O)N(C)[C@H](CC(C)C)C(=O)N(C)[C@H](CC(C)C)C(=O)N(C)[C@H](C(C)C)C(=O)N1C. The lowest BCUT2D eigenvalue weighted by Crippen LogP contribution is -2.70. The lowest BCUT2D eigenvalue weighted by molar-refractivity contribution is -0.157. The number of likely N-dealkylation sites (N-methyl/N-ethyl adjacent to an activating group) is 7. The number of ether oxygens (including phenoxy) is 1. The van der Waals surface area contributed by atoms with Crippen LogP contribution in [0.3, 0.4) is 0 Å². The minimum absolute atomic E-state index is 0.0649. The van der Waals surface area contributed by atoms with Gasteiger partial charge in [-0.05, 0) is 115 Å². The monoisotopic (exact) mass is 1380 g/mol. The zero-order valence-electron chi connectivity index (χ0n) is 63.0. The third-order valence-electron chi connectivity index (χ3n) is 18.4. The van der Waals surface area contributed by atoms with Crippen molar-refractivity contribution in [2.45, 2.75) is 253 Å². The van der Waals surface area contributed by atoms with Crippen LogP contribution in [0.2, 0.25) is 0 Å². The predicted octanol–water partition coefficient (Wildman–Crippen LogP) is 3.65. The summed E-state index contributed by atoms with van der Waals surface area (Å²) in [6.45, 7) is 32.9. The van der Waals surface area contributed by atoms with Gasteiger partial charge < -0.3 is 55.2 Å². The van der Waals surface area contributed by atoms with Crippen LogP contribution in [0.5, 0.6) is 0 Å². The molecule has 27 heteroatoms. The summed E-state index contributed by atoms with van der Waals surface area (Å²) in [6, 6.07) is -14.5. The molecule has 10 amide bonds. The average Bonchev–Trinajstić information content (AvgIpc) is 0.792. The maximum Gasteiger partial charge on any atom is 0.324 e. The number of aldehydes is 1. The van der Waals surface area contributed by atoms with Crippen molar-refractivity contribution in [3.05, 3.63) is 12.2 Å². The second-order valence-corrected chi connectivity index (χ2v) is 31.0. The highest BCUT2D eigenvalue weighted by Crippen LogP contribution is 2.33. The van der Waals surface area contributed by atoms with Crippen molar-refractivity contribution in [2.24, 2.45) is 47.2 Å². The van der Waals surface area contributed by atoms with E-state index in [1.807, 2.05) is 41.5 Å². The first kappa shape index (κ1) is 88.0. The van der Waals surface area contributed by atoms with E-state index < -0.39 is 166 Å². The number of methoxy groups -OCH3 is 1. The van der Waals surface area contributed by atoms with Gasteiger partial charge in [-0.2, -0.15) is 11.8 Å². The zero-order valence-corrected chi connectivity index (χ0v) is 63.8. The molecule has 1 rings (SSSR count). The van der Waals surface area contributed by atoms with Crippen LogP contribution in [-0.2, 0) is 62.3 Å². The van der Waals surface area contributed by atoms with Crippen molar-refractivity contribution < 1.29 is 67.4 Å². The molecule has 0 saturated carbocycles. The number of thioether (sulfide) groups is 1. The summed E-state index contributed by atoms with van der Waals surface area (Å²) in [5.74, 6) is -11.4. The van der Waals surface area contributed by atoms with Gasteiger partial charge in [-0.25, -0.2) is 0 Å². The van der Waals surface area contributed by atoms with Crippen LogP contribution in [0.4, 0.5) is 0 Å². The van der Waals surface area contributed by atoms with E-state index in [4.69, 9.17) is 10.5 Å². The van der Waals surface area contributed by atoms with Crippen LogP contribution < -0.4 is 27.0 Å². The smallest absolute Gasteiger partial charge is 0.324 e. The molecule has 1 aliphatic rings. The number of amides is 10. The van der Waals surface area contributed by atoms with Crippen LogP contribution in [-0.4, -0.2) is 256 Å². The van der Waals surface area contributed by atoms with Crippen LogP contribution in [0.15, 0.2) is 12.2 Å². The van der Waals surface area contributed by atoms with E-state index in [1.54, 1.807) is 88.3 Å². The van der Waals surface area contributed by atoms with Gasteiger partial charge in [0.05, 0.1) is 31.3 Å². The fourth-order valence-corrected chi connectivity index (χ4v) is 13.3. The molecule has 1 heterocycles. The molecule has 1 aliphatic heterocycles. The third kappa shape index (κ3) is 23.3. The van der Waals surface area contributed by atoms with Gasteiger partial charge in [-0.3, -0.25) is 73.5 Å². The largest absolute Gasteiger partial charge is 0.468 e. The van der Waals surface area contributed by atoms with E-state index in [0.29, 0.717) is 6.29 Å². The highest BCUT2D eigenvalue weighted by atomic mass is 32.2. The normalized spacial score (nSPS) is 27.2. The number of allylic oxidation sites excluding steroid dienone is 2. The number of nitrogens with one attached hydrogen (secondary N) is 4. The molecule has 1 fully saturated rings. The second kappa shape index (κ2) is 38.9. The van der Waals surface area contributed by atoms with Crippen molar-refractivity contribution in [2.75, 3.05) is 62.2 Å². The number of nitrogens with zero attached hydrogens (tertiary/aromatic N) is 7. The molecule has 0 spiro atoms. The Bertz CT molecular complexity index is 2690. The highest BCUT2D eigenvalue weighted by molar-refractivity contribution is 8.00. The fraction of sp³-hybridized carbons (Fsp3) is 0.797. The minimum atomic E-state index is -2.02. The molecule has 0 aliphatic carbocycles. The van der Waals surface area contributed by atoms with Gasteiger partial charge in [0.1, 0.15) is 48.3 Å². The molecule has 2 unspecified atom stereocenters. The molecular formula is C69H124N12O14S. The van der Waals surface area contributed by atoms with Crippen molar-refractivity contribution >= 4 is 83.1 Å². The minimum Gasteiger partial charge on any atom is -0.468 e. The van der Waals surface area contributed by atoms with Crippen molar-refractivity contribution in [1.82, 2.24) is 55.6 Å². The number of esters is 1. The van der Waals surface area contributed by atoms with Crippen molar-refractivity contribution in [3.63, 3.8) is 0 Å². The molecule has 0 aromatic rings. The molecule has 1 saturated heterocycles. The summed E-state index contributed by atoms with van der Waals surface area (Å²) in [7, 11) is 10.9. The van der Waals surface area contributed by atoms with Crippen LogP contribution in [0.1, 0.15) is 170 Å². The average molecular weight is 1380 g/mol. The maximum atomic E-state index is 15.8. The van der Waals surface area contributed by atoms with Crippen LogP contribution in [0, 0.1) is 41.4 Å². The number of nitrogens with two attached hydrogens (primary N) is 1. The standard InChI is InChI=1S/C69H124N12O14S/c1-28-30-31-44(15)55(83)54-59(86)72-47(29-2)61(88)78(23)51(36-96-68(18,19)56(70)67(94)95-27)64(91)81(26)69(37-82,35-41(9)10)74-52(42(11)12)65(92)75(20)48(32-38(3)4)58(85)73-57(84)45(16)71-46(17)60(87)76(21)49(33-39(5)6)62(89)77(22)50(34-40(7)8)63(90)79(24)53(43(13)14)66(93)80(54)25/h28,30,37-56,71,74,83H,29,31-36,70H2,1-27H3,(H,72,86)(H,73,84,85)/b30-28+/t44-,45?,46?,47+,48-,49-,50-,51-,52-,53-,54+,55-,56+,69-/m1/s1. The molecule has 0 aromatic carbocycles. The topological polar surface area (TPSA) is 331 Å². The molecule has 26 nitrogen and oxygen atoms in total. The Morgan fingerprint density at radius 2 is 1.08 bits per heavy atom. The summed E-state index contributed by atoms with van der Waals surface area (Å²) in [6.07, 6.45) is 2.89. The summed E-state index contributed by atoms with van der Waals surface area (Å²) in [5, 5.41) is 23.8. The Labute approximate surface area is 578 Å². The zero-order chi connectivity index (χ0) is 74.7. The predicted molar refractivity (Wildman–Crippen MR) is 374 cm³/mol. The number of carbonyl (C=O) groups is 12. The molecule has 96 heavy (non-hydrogen) atoms. The van der Waals surface area contributed by atoms with Crippen LogP contribution in [0.25, 0.3) is 0 Å². The molecule has 0 radical (unpaired) electrons. The molecule has 0 aromatic heterocycles. The molecule has 14 atom stereocenters. The number of aliphatic hydroxyl groups excluding tert-OH is 1. The Hall–Kier alpha value is -6.03. The van der Waals surface area contributed by atoms with Gasteiger partial charge in [0.25, 0.3) is 0 Å². The molecular weight excluding hydrogens is 1250 g/mol. The first-order valence-corrected chi connectivity index (χ1v) is 35.0. The van der Waals surface area contributed by atoms with E-state index in [9.17, 15) is 29.1 Å². The van der Waals surface area contributed by atoms with E-state index in [0.717, 1.165) is 26.5 Å². The van der Waals surface area contributed by atoms with E-state index in [-0.39, 0.29) is 67.9 Å². The summed E-state index contributed by atoms with van der Waals surface area (Å²) in [4.78, 5) is 186. The number of aliphatic hydroxyl groups is 1. The van der Waals surface area contributed by atoms with Crippen molar-refractivity contribution in [3.8, 4) is 0 Å². The Morgan fingerprint density at radius 1 is 0.615 bits per heavy atom. The maximum absolute atomic E-state index is 15.8. The van der Waals surface area contributed by atoms with Gasteiger partial charge in [-0.15, -0.1) is 0 Å². The fourth-order valence-electron chi connectivity index (χ4n) is 12.1. The lowest BCUT2D eigenvalue weighted by Gasteiger charge is -2.45. The lowest BCUT2D eigenvalue weighted by atomic mass is 9.91.